The molecule has 156 valence electrons. The molecule has 1 aromatic heterocycles. The monoisotopic (exact) mass is 409 g/mol. The van der Waals surface area contributed by atoms with Gasteiger partial charge in [0.1, 0.15) is 0 Å². The standard InChI is InChI=1S/C19H22F3N5O2/c1-13-23-25-27(24-13)11-15-10-16(19(20,21)22)7-5-14(15)6-8-18(28)26-9-3-4-17(26)12-29-2/h5-8,10,17H,3-4,9,11-12H2,1-2H3/b8-6+. The van der Waals surface area contributed by atoms with E-state index >= 15 is 0 Å². The number of tetrazole rings is 1. The van der Waals surface area contributed by atoms with Crippen LogP contribution in [0.3, 0.4) is 0 Å². The van der Waals surface area contributed by atoms with Crippen LogP contribution in [-0.4, -0.2) is 57.3 Å². The normalized spacial score (nSPS) is 17.4. The molecular formula is C19H22F3N5O2. The fraction of sp³-hybridized carbons (Fsp3) is 0.474. The second kappa shape index (κ2) is 8.73. The number of hydrogen-bond acceptors (Lipinski definition) is 5. The molecule has 1 aliphatic rings. The lowest BCUT2D eigenvalue weighted by molar-refractivity contribution is -0.137. The van der Waals surface area contributed by atoms with Gasteiger partial charge in [-0.15, -0.1) is 10.2 Å². The fourth-order valence-corrected chi connectivity index (χ4v) is 3.37. The predicted octanol–water partition coefficient (Wildman–Crippen LogP) is 2.70. The molecule has 1 fully saturated rings. The summed E-state index contributed by atoms with van der Waals surface area (Å²) in [4.78, 5) is 15.5. The van der Waals surface area contributed by atoms with Crippen LogP contribution in [0.2, 0.25) is 0 Å². The number of halogens is 3. The smallest absolute Gasteiger partial charge is 0.383 e. The molecule has 0 radical (unpaired) electrons. The van der Waals surface area contributed by atoms with Crippen molar-refractivity contribution < 1.29 is 22.7 Å². The number of nitrogens with zero attached hydrogens (tertiary/aromatic N) is 5. The molecule has 7 nitrogen and oxygen atoms in total. The average Bonchev–Trinajstić information content (AvgIpc) is 3.29. The third-order valence-electron chi connectivity index (χ3n) is 4.76. The van der Waals surface area contributed by atoms with Crippen LogP contribution in [-0.2, 0) is 22.3 Å². The van der Waals surface area contributed by atoms with Crippen molar-refractivity contribution in [3.05, 3.63) is 46.8 Å². The zero-order valence-electron chi connectivity index (χ0n) is 16.2. The lowest BCUT2D eigenvalue weighted by Gasteiger charge is -2.22. The molecule has 1 unspecified atom stereocenters. The number of aromatic nitrogens is 4. The Morgan fingerprint density at radius 3 is 2.83 bits per heavy atom. The Kier molecular flexibility index (Phi) is 6.31. The Morgan fingerprint density at radius 2 is 2.17 bits per heavy atom. The second-order valence-electron chi connectivity index (χ2n) is 6.89. The number of likely N-dealkylation sites (tertiary alicyclic amines) is 1. The molecule has 1 aliphatic heterocycles. The Morgan fingerprint density at radius 1 is 1.38 bits per heavy atom. The summed E-state index contributed by atoms with van der Waals surface area (Å²) in [5, 5.41) is 11.6. The summed E-state index contributed by atoms with van der Waals surface area (Å²) in [7, 11) is 1.59. The summed E-state index contributed by atoms with van der Waals surface area (Å²) in [6.45, 7) is 2.75. The van der Waals surface area contributed by atoms with Gasteiger partial charge in [0, 0.05) is 19.7 Å². The first-order valence-electron chi connectivity index (χ1n) is 9.20. The van der Waals surface area contributed by atoms with Crippen LogP contribution in [0.1, 0.15) is 35.4 Å². The molecule has 3 rings (SSSR count). The number of alkyl halides is 3. The van der Waals surface area contributed by atoms with Crippen LogP contribution in [0.5, 0.6) is 0 Å². The molecule has 0 spiro atoms. The number of methoxy groups -OCH3 is 1. The highest BCUT2D eigenvalue weighted by Crippen LogP contribution is 2.31. The van der Waals surface area contributed by atoms with Crippen molar-refractivity contribution in [1.82, 2.24) is 25.1 Å². The van der Waals surface area contributed by atoms with Crippen molar-refractivity contribution in [3.63, 3.8) is 0 Å². The van der Waals surface area contributed by atoms with Crippen LogP contribution < -0.4 is 0 Å². The van der Waals surface area contributed by atoms with Crippen molar-refractivity contribution in [1.29, 1.82) is 0 Å². The van der Waals surface area contributed by atoms with Gasteiger partial charge in [0.05, 0.1) is 24.8 Å². The summed E-state index contributed by atoms with van der Waals surface area (Å²) in [6, 6.07) is 3.41. The summed E-state index contributed by atoms with van der Waals surface area (Å²) >= 11 is 0. The SMILES string of the molecule is COCC1CCCN1C(=O)/C=C/c1ccc(C(F)(F)F)cc1Cn1nnc(C)n1. The minimum atomic E-state index is -4.47. The zero-order chi connectivity index (χ0) is 21.0. The van der Waals surface area contributed by atoms with Gasteiger partial charge >= 0.3 is 6.18 Å². The molecule has 29 heavy (non-hydrogen) atoms. The Hall–Kier alpha value is -2.75. The minimum absolute atomic E-state index is 0.00857. The summed E-state index contributed by atoms with van der Waals surface area (Å²) in [5.41, 5.74) is 0.0624. The first kappa shape index (κ1) is 21.0. The number of hydrogen-bond donors (Lipinski definition) is 0. The Labute approximate surface area is 166 Å². The number of carbonyl (C=O) groups is 1. The highest BCUT2D eigenvalue weighted by atomic mass is 19.4. The molecule has 1 saturated heterocycles. The minimum Gasteiger partial charge on any atom is -0.383 e. The molecule has 1 aromatic carbocycles. The van der Waals surface area contributed by atoms with Crippen molar-refractivity contribution in [2.24, 2.45) is 0 Å². The lowest BCUT2D eigenvalue weighted by Crippen LogP contribution is -2.36. The quantitative estimate of drug-likeness (QED) is 0.686. The van der Waals surface area contributed by atoms with Crippen LogP contribution in [0.25, 0.3) is 6.08 Å². The number of amides is 1. The molecule has 0 N–H and O–H groups in total. The number of carbonyl (C=O) groups excluding carboxylic acids is 1. The molecule has 2 heterocycles. The molecule has 1 amide bonds. The van der Waals surface area contributed by atoms with Gasteiger partial charge in [0.25, 0.3) is 0 Å². The maximum atomic E-state index is 13.1. The number of rotatable bonds is 6. The van der Waals surface area contributed by atoms with E-state index in [1.54, 1.807) is 18.9 Å². The van der Waals surface area contributed by atoms with Crippen LogP contribution in [0, 0.1) is 6.92 Å². The van der Waals surface area contributed by atoms with Crippen molar-refractivity contribution in [2.45, 2.75) is 38.5 Å². The van der Waals surface area contributed by atoms with E-state index in [9.17, 15) is 18.0 Å². The van der Waals surface area contributed by atoms with Crippen molar-refractivity contribution in [2.75, 3.05) is 20.3 Å². The van der Waals surface area contributed by atoms with E-state index in [-0.39, 0.29) is 18.5 Å². The van der Waals surface area contributed by atoms with Gasteiger partial charge in [-0.25, -0.2) is 0 Å². The van der Waals surface area contributed by atoms with Crippen LogP contribution >= 0.6 is 0 Å². The van der Waals surface area contributed by atoms with Gasteiger partial charge < -0.3 is 9.64 Å². The summed E-state index contributed by atoms with van der Waals surface area (Å²) in [5.74, 6) is 0.229. The molecule has 10 heteroatoms. The first-order valence-corrected chi connectivity index (χ1v) is 9.20. The molecule has 0 saturated carbocycles. The highest BCUT2D eigenvalue weighted by Gasteiger charge is 2.31. The third-order valence-corrected chi connectivity index (χ3v) is 4.76. The Bertz CT molecular complexity index is 894. The van der Waals surface area contributed by atoms with Crippen LogP contribution in [0.15, 0.2) is 24.3 Å². The molecular weight excluding hydrogens is 387 g/mol. The summed E-state index contributed by atoms with van der Waals surface area (Å²) < 4.78 is 44.6. The third kappa shape index (κ3) is 5.20. The van der Waals surface area contributed by atoms with E-state index in [0.29, 0.717) is 30.1 Å². The molecule has 1 atom stereocenters. The topological polar surface area (TPSA) is 73.1 Å². The Balaban J connectivity index is 1.85. The maximum absolute atomic E-state index is 13.1. The zero-order valence-corrected chi connectivity index (χ0v) is 16.2. The van der Waals surface area contributed by atoms with E-state index in [4.69, 9.17) is 4.74 Å². The van der Waals surface area contributed by atoms with Gasteiger partial charge in [-0.05, 0) is 54.3 Å². The van der Waals surface area contributed by atoms with E-state index in [1.165, 1.54) is 23.0 Å². The van der Waals surface area contributed by atoms with Gasteiger partial charge in [0.2, 0.25) is 5.91 Å². The predicted molar refractivity (Wildman–Crippen MR) is 98.7 cm³/mol. The van der Waals surface area contributed by atoms with E-state index < -0.39 is 11.7 Å². The maximum Gasteiger partial charge on any atom is 0.416 e. The van der Waals surface area contributed by atoms with Crippen LogP contribution in [0.4, 0.5) is 13.2 Å². The van der Waals surface area contributed by atoms with Gasteiger partial charge in [0.15, 0.2) is 5.82 Å². The number of benzene rings is 1. The molecule has 2 aromatic rings. The highest BCUT2D eigenvalue weighted by molar-refractivity contribution is 5.92. The average molecular weight is 409 g/mol. The largest absolute Gasteiger partial charge is 0.416 e. The van der Waals surface area contributed by atoms with Gasteiger partial charge in [-0.2, -0.15) is 18.0 Å². The first-order chi connectivity index (χ1) is 13.8. The number of aryl methyl sites for hydroxylation is 1. The van der Waals surface area contributed by atoms with E-state index in [2.05, 4.69) is 15.4 Å². The van der Waals surface area contributed by atoms with Crippen molar-refractivity contribution >= 4 is 12.0 Å². The second-order valence-corrected chi connectivity index (χ2v) is 6.89. The molecule has 0 aliphatic carbocycles. The van der Waals surface area contributed by atoms with Gasteiger partial charge in [-0.1, -0.05) is 6.07 Å². The summed E-state index contributed by atoms with van der Waals surface area (Å²) in [6.07, 6.45) is 0.220. The van der Waals surface area contributed by atoms with E-state index in [0.717, 1.165) is 25.0 Å². The molecule has 0 bridgehead atoms. The van der Waals surface area contributed by atoms with Gasteiger partial charge in [-0.3, -0.25) is 4.79 Å². The van der Waals surface area contributed by atoms with Crippen molar-refractivity contribution in [3.8, 4) is 0 Å². The lowest BCUT2D eigenvalue weighted by atomic mass is 10.0. The van der Waals surface area contributed by atoms with E-state index in [1.807, 2.05) is 0 Å². The fourth-order valence-electron chi connectivity index (χ4n) is 3.37. The number of ether oxygens (including phenoxy) is 1.